The minimum Gasteiger partial charge on any atom is -0.497 e. The van der Waals surface area contributed by atoms with Gasteiger partial charge in [-0.1, -0.05) is 41.9 Å². The van der Waals surface area contributed by atoms with Gasteiger partial charge in [-0.2, -0.15) is 0 Å². The fourth-order valence-corrected chi connectivity index (χ4v) is 3.82. The number of esters is 1. The first-order chi connectivity index (χ1) is 16.1. The van der Waals surface area contributed by atoms with Gasteiger partial charge in [0, 0.05) is 22.4 Å². The van der Waals surface area contributed by atoms with E-state index in [0.29, 0.717) is 30.2 Å². The van der Waals surface area contributed by atoms with E-state index in [1.165, 1.54) is 0 Å². The van der Waals surface area contributed by atoms with Crippen molar-refractivity contribution in [3.63, 3.8) is 0 Å². The van der Waals surface area contributed by atoms with Crippen molar-refractivity contribution in [1.82, 2.24) is 0 Å². The number of hydrogen-bond acceptors (Lipinski definition) is 4. The van der Waals surface area contributed by atoms with Crippen LogP contribution >= 0.6 is 11.6 Å². The molecule has 4 nitrogen and oxygen atoms in total. The number of carbonyl (C=O) groups is 1. The van der Waals surface area contributed by atoms with Gasteiger partial charge in [0.05, 0.1) is 13.7 Å². The van der Waals surface area contributed by atoms with E-state index in [0.717, 1.165) is 39.0 Å². The van der Waals surface area contributed by atoms with Crippen LogP contribution in [0.4, 0.5) is 0 Å². The molecule has 0 unspecified atom stereocenters. The van der Waals surface area contributed by atoms with Crippen molar-refractivity contribution in [2.45, 2.75) is 19.8 Å². The zero-order valence-corrected chi connectivity index (χ0v) is 19.4. The molecular weight excluding hydrogens is 436 g/mol. The quantitative estimate of drug-likeness (QED) is 0.256. The Balaban J connectivity index is 1.67. The molecule has 0 N–H and O–H groups in total. The van der Waals surface area contributed by atoms with Crippen molar-refractivity contribution in [3.8, 4) is 28.4 Å². The number of benzene rings is 4. The Morgan fingerprint density at radius 3 is 2.30 bits per heavy atom. The summed E-state index contributed by atoms with van der Waals surface area (Å²) < 4.78 is 16.8. The number of ether oxygens (including phenoxy) is 3. The van der Waals surface area contributed by atoms with Crippen LogP contribution < -0.4 is 9.47 Å². The smallest absolute Gasteiger partial charge is 0.306 e. The molecule has 0 radical (unpaired) electrons. The van der Waals surface area contributed by atoms with Crippen LogP contribution in [0.1, 0.15) is 18.9 Å². The number of carbonyl (C=O) groups excluding carboxylic acids is 1. The predicted octanol–water partition coefficient (Wildman–Crippen LogP) is 7.46. The molecule has 5 heteroatoms. The maximum Gasteiger partial charge on any atom is 0.306 e. The van der Waals surface area contributed by atoms with Crippen LogP contribution in [0.3, 0.4) is 0 Å². The molecule has 0 heterocycles. The minimum atomic E-state index is -0.184. The van der Waals surface area contributed by atoms with Gasteiger partial charge in [-0.25, -0.2) is 0 Å². The number of halogens is 1. The zero-order valence-electron chi connectivity index (χ0n) is 18.6. The van der Waals surface area contributed by atoms with Crippen LogP contribution in [-0.2, 0) is 16.0 Å². The van der Waals surface area contributed by atoms with Crippen molar-refractivity contribution in [3.05, 3.63) is 89.4 Å². The normalized spacial score (nSPS) is 10.8. The summed E-state index contributed by atoms with van der Waals surface area (Å²) in [7, 11) is 1.66. The molecule has 168 valence electrons. The number of hydrogen-bond donors (Lipinski definition) is 0. The van der Waals surface area contributed by atoms with Crippen molar-refractivity contribution in [2.75, 3.05) is 13.7 Å². The van der Waals surface area contributed by atoms with Gasteiger partial charge < -0.3 is 14.2 Å². The van der Waals surface area contributed by atoms with Gasteiger partial charge in [0.15, 0.2) is 0 Å². The molecule has 0 aliphatic carbocycles. The highest BCUT2D eigenvalue weighted by Crippen LogP contribution is 2.41. The molecule has 0 aliphatic heterocycles. The summed E-state index contributed by atoms with van der Waals surface area (Å²) in [5.41, 5.74) is 3.03. The second-order valence-electron chi connectivity index (χ2n) is 7.59. The van der Waals surface area contributed by atoms with E-state index in [-0.39, 0.29) is 5.97 Å². The van der Waals surface area contributed by atoms with Gasteiger partial charge in [-0.3, -0.25) is 4.79 Å². The molecule has 4 aromatic carbocycles. The van der Waals surface area contributed by atoms with Crippen LogP contribution in [0, 0.1) is 0 Å². The molecular formula is C28H25ClO4. The number of fused-ring (bicyclic) bond motifs is 1. The lowest BCUT2D eigenvalue weighted by Gasteiger charge is -2.16. The Hall–Kier alpha value is -3.50. The summed E-state index contributed by atoms with van der Waals surface area (Å²) in [5.74, 6) is 2.08. The van der Waals surface area contributed by atoms with Crippen LogP contribution in [-0.4, -0.2) is 19.7 Å². The Labute approximate surface area is 198 Å². The lowest BCUT2D eigenvalue weighted by Crippen LogP contribution is -2.05. The summed E-state index contributed by atoms with van der Waals surface area (Å²) in [6, 6.07) is 25.6. The molecule has 0 bridgehead atoms. The maximum absolute atomic E-state index is 11.6. The molecule has 0 saturated carbocycles. The van der Waals surface area contributed by atoms with Gasteiger partial charge in [0.2, 0.25) is 0 Å². The highest BCUT2D eigenvalue weighted by atomic mass is 35.5. The third-order valence-corrected chi connectivity index (χ3v) is 5.65. The van der Waals surface area contributed by atoms with E-state index in [9.17, 15) is 4.79 Å². The third-order valence-electron chi connectivity index (χ3n) is 5.40. The fourth-order valence-electron chi connectivity index (χ4n) is 3.69. The summed E-state index contributed by atoms with van der Waals surface area (Å²) >= 11 is 6.10. The molecule has 0 spiro atoms. The highest BCUT2D eigenvalue weighted by Gasteiger charge is 2.13. The second kappa shape index (κ2) is 10.4. The molecule has 4 aromatic rings. The zero-order chi connectivity index (χ0) is 23.2. The minimum absolute atomic E-state index is 0.184. The van der Waals surface area contributed by atoms with Gasteiger partial charge in [-0.05, 0) is 78.4 Å². The second-order valence-corrected chi connectivity index (χ2v) is 8.02. The molecule has 33 heavy (non-hydrogen) atoms. The van der Waals surface area contributed by atoms with E-state index in [1.54, 1.807) is 7.11 Å². The standard InChI is InChI=1S/C28H25ClO4/c1-3-32-27(30)17-6-19-4-12-23(13-5-19)33-28-25(20-7-10-22(29)11-8-20)15-9-21-18-24(31-2)14-16-26(21)28/h4-5,7-16,18H,3,6,17H2,1-2H3. The third kappa shape index (κ3) is 5.47. The van der Waals surface area contributed by atoms with Crippen molar-refractivity contribution >= 4 is 28.3 Å². The van der Waals surface area contributed by atoms with E-state index in [4.69, 9.17) is 25.8 Å². The maximum atomic E-state index is 11.6. The van der Waals surface area contributed by atoms with Crippen molar-refractivity contribution in [2.24, 2.45) is 0 Å². The van der Waals surface area contributed by atoms with E-state index in [2.05, 4.69) is 6.07 Å². The van der Waals surface area contributed by atoms with E-state index in [1.807, 2.05) is 79.7 Å². The van der Waals surface area contributed by atoms with Crippen LogP contribution in [0.5, 0.6) is 17.2 Å². The Morgan fingerprint density at radius 1 is 0.879 bits per heavy atom. The van der Waals surface area contributed by atoms with Gasteiger partial charge in [-0.15, -0.1) is 0 Å². The Bertz CT molecular complexity index is 1250. The molecule has 0 aliphatic rings. The average molecular weight is 461 g/mol. The summed E-state index contributed by atoms with van der Waals surface area (Å²) in [6.07, 6.45) is 0.989. The van der Waals surface area contributed by atoms with Crippen LogP contribution in [0.15, 0.2) is 78.9 Å². The van der Waals surface area contributed by atoms with Gasteiger partial charge in [0.25, 0.3) is 0 Å². The summed E-state index contributed by atoms with van der Waals surface area (Å²) in [4.78, 5) is 11.6. The van der Waals surface area contributed by atoms with Crippen molar-refractivity contribution in [1.29, 1.82) is 0 Å². The summed E-state index contributed by atoms with van der Waals surface area (Å²) in [5, 5.41) is 2.69. The molecule has 0 fully saturated rings. The number of aryl methyl sites for hydroxylation is 1. The van der Waals surface area contributed by atoms with E-state index < -0.39 is 0 Å². The summed E-state index contributed by atoms with van der Waals surface area (Å²) in [6.45, 7) is 2.21. The van der Waals surface area contributed by atoms with Crippen LogP contribution in [0.2, 0.25) is 5.02 Å². The lowest BCUT2D eigenvalue weighted by atomic mass is 9.99. The van der Waals surface area contributed by atoms with Crippen LogP contribution in [0.25, 0.3) is 21.9 Å². The number of methoxy groups -OCH3 is 1. The van der Waals surface area contributed by atoms with Gasteiger partial charge in [0.1, 0.15) is 17.2 Å². The van der Waals surface area contributed by atoms with Gasteiger partial charge >= 0.3 is 5.97 Å². The monoisotopic (exact) mass is 460 g/mol. The average Bonchev–Trinajstić information content (AvgIpc) is 2.84. The topological polar surface area (TPSA) is 44.8 Å². The lowest BCUT2D eigenvalue weighted by molar-refractivity contribution is -0.143. The molecule has 0 saturated heterocycles. The fraction of sp³-hybridized carbons (Fsp3) is 0.179. The molecule has 0 amide bonds. The first kappa shape index (κ1) is 22.7. The largest absolute Gasteiger partial charge is 0.497 e. The Kier molecular flexibility index (Phi) is 7.16. The SMILES string of the molecule is CCOC(=O)CCc1ccc(Oc2c(-c3ccc(Cl)cc3)ccc3cc(OC)ccc23)cc1. The predicted molar refractivity (Wildman–Crippen MR) is 132 cm³/mol. The Morgan fingerprint density at radius 2 is 1.61 bits per heavy atom. The first-order valence-electron chi connectivity index (χ1n) is 10.9. The van der Waals surface area contributed by atoms with Crippen molar-refractivity contribution < 1.29 is 19.0 Å². The molecule has 0 aromatic heterocycles. The molecule has 0 atom stereocenters. The number of rotatable bonds is 8. The molecule has 4 rings (SSSR count). The first-order valence-corrected chi connectivity index (χ1v) is 11.2. The van der Waals surface area contributed by atoms with E-state index >= 15 is 0 Å². The highest BCUT2D eigenvalue weighted by molar-refractivity contribution is 6.30.